The lowest BCUT2D eigenvalue weighted by Crippen LogP contribution is -3.14. The van der Waals surface area contributed by atoms with Crippen molar-refractivity contribution in [3.8, 4) is 0 Å². The van der Waals surface area contributed by atoms with Gasteiger partial charge in [-0.25, -0.2) is 0 Å². The van der Waals surface area contributed by atoms with Gasteiger partial charge in [0.15, 0.2) is 5.76 Å². The standard InChI is InChI=1S/C21H23N3O3S/c1-14-15(2)28-21(23-20(25)17-4-3-11-27-17)18(14)19(16-5-7-22-8-6-16)24-9-12-26-13-10-24/h3-8,11,19H,9-10,12-13H2,1-2H3,(H,23,25)/p+1/t19-/m1/s1. The molecule has 1 aliphatic rings. The molecule has 146 valence electrons. The summed E-state index contributed by atoms with van der Waals surface area (Å²) in [5.74, 6) is 0.0896. The predicted octanol–water partition coefficient (Wildman–Crippen LogP) is 2.61. The van der Waals surface area contributed by atoms with E-state index in [4.69, 9.17) is 9.15 Å². The van der Waals surface area contributed by atoms with Crippen molar-refractivity contribution in [2.75, 3.05) is 31.6 Å². The van der Waals surface area contributed by atoms with Crippen LogP contribution in [0.5, 0.6) is 0 Å². The number of quaternary nitrogens is 1. The summed E-state index contributed by atoms with van der Waals surface area (Å²) < 4.78 is 10.9. The number of morpholine rings is 1. The summed E-state index contributed by atoms with van der Waals surface area (Å²) >= 11 is 1.62. The zero-order valence-corrected chi connectivity index (χ0v) is 16.8. The lowest BCUT2D eigenvalue weighted by Gasteiger charge is -2.32. The van der Waals surface area contributed by atoms with E-state index in [-0.39, 0.29) is 11.9 Å². The number of ether oxygens (including phenoxy) is 1. The molecule has 4 heterocycles. The van der Waals surface area contributed by atoms with E-state index in [0.29, 0.717) is 5.76 Å². The van der Waals surface area contributed by atoms with Gasteiger partial charge in [0.1, 0.15) is 24.1 Å². The average Bonchev–Trinajstić information content (AvgIpc) is 3.35. The Hall–Kier alpha value is -2.48. The summed E-state index contributed by atoms with van der Waals surface area (Å²) in [5, 5.41) is 3.98. The predicted molar refractivity (Wildman–Crippen MR) is 108 cm³/mol. The maximum atomic E-state index is 12.6. The fourth-order valence-corrected chi connectivity index (χ4v) is 4.84. The molecule has 6 nitrogen and oxygen atoms in total. The summed E-state index contributed by atoms with van der Waals surface area (Å²) in [7, 11) is 0. The number of furan rings is 1. The molecule has 28 heavy (non-hydrogen) atoms. The quantitative estimate of drug-likeness (QED) is 0.693. The van der Waals surface area contributed by atoms with Crippen LogP contribution in [0.3, 0.4) is 0 Å². The highest BCUT2D eigenvalue weighted by atomic mass is 32.1. The van der Waals surface area contributed by atoms with Gasteiger partial charge in [0.05, 0.1) is 25.0 Å². The van der Waals surface area contributed by atoms with Crippen LogP contribution in [0.2, 0.25) is 0 Å². The van der Waals surface area contributed by atoms with Gasteiger partial charge in [0, 0.05) is 22.8 Å². The molecule has 3 aromatic rings. The Morgan fingerprint density at radius 3 is 2.64 bits per heavy atom. The van der Waals surface area contributed by atoms with E-state index in [1.165, 1.54) is 32.7 Å². The molecule has 0 radical (unpaired) electrons. The van der Waals surface area contributed by atoms with Gasteiger partial charge < -0.3 is 19.4 Å². The van der Waals surface area contributed by atoms with Crippen molar-refractivity contribution in [1.82, 2.24) is 4.98 Å². The van der Waals surface area contributed by atoms with E-state index >= 15 is 0 Å². The van der Waals surface area contributed by atoms with E-state index in [0.717, 1.165) is 31.3 Å². The molecule has 0 unspecified atom stereocenters. The minimum Gasteiger partial charge on any atom is -0.459 e. The highest BCUT2D eigenvalue weighted by Gasteiger charge is 2.33. The van der Waals surface area contributed by atoms with Gasteiger partial charge in [-0.15, -0.1) is 11.3 Å². The molecule has 0 bridgehead atoms. The smallest absolute Gasteiger partial charge is 0.291 e. The molecule has 1 aliphatic heterocycles. The summed E-state index contributed by atoms with van der Waals surface area (Å²) in [6.45, 7) is 7.57. The molecule has 3 aromatic heterocycles. The van der Waals surface area contributed by atoms with E-state index < -0.39 is 0 Å². The molecule has 7 heteroatoms. The Kier molecular flexibility index (Phi) is 5.57. The molecule has 2 N–H and O–H groups in total. The molecule has 0 aliphatic carbocycles. The lowest BCUT2D eigenvalue weighted by molar-refractivity contribution is -0.933. The number of hydrogen-bond acceptors (Lipinski definition) is 5. The monoisotopic (exact) mass is 398 g/mol. The maximum Gasteiger partial charge on any atom is 0.291 e. The Morgan fingerprint density at radius 1 is 1.21 bits per heavy atom. The van der Waals surface area contributed by atoms with Crippen molar-refractivity contribution in [3.63, 3.8) is 0 Å². The molecule has 1 atom stereocenters. The lowest BCUT2D eigenvalue weighted by atomic mass is 9.95. The van der Waals surface area contributed by atoms with Crippen molar-refractivity contribution in [2.24, 2.45) is 0 Å². The first-order valence-electron chi connectivity index (χ1n) is 9.42. The van der Waals surface area contributed by atoms with Gasteiger partial charge in [0.25, 0.3) is 5.91 Å². The van der Waals surface area contributed by atoms with Gasteiger partial charge in [-0.2, -0.15) is 0 Å². The van der Waals surface area contributed by atoms with Crippen LogP contribution in [-0.2, 0) is 4.74 Å². The van der Waals surface area contributed by atoms with Crippen molar-refractivity contribution in [3.05, 3.63) is 70.3 Å². The molecular formula is C21H24N3O3S+. The number of carbonyl (C=O) groups is 1. The second-order valence-electron chi connectivity index (χ2n) is 6.94. The van der Waals surface area contributed by atoms with Crippen molar-refractivity contribution >= 4 is 22.2 Å². The van der Waals surface area contributed by atoms with Gasteiger partial charge in [-0.1, -0.05) is 0 Å². The third-order valence-corrected chi connectivity index (χ3v) is 6.41. The number of pyridine rings is 1. The molecule has 0 spiro atoms. The maximum absolute atomic E-state index is 12.6. The number of thiophene rings is 1. The van der Waals surface area contributed by atoms with Crippen LogP contribution in [-0.4, -0.2) is 37.2 Å². The topological polar surface area (TPSA) is 68.8 Å². The Labute approximate surface area is 168 Å². The zero-order valence-electron chi connectivity index (χ0n) is 16.0. The first-order chi connectivity index (χ1) is 13.6. The number of amides is 1. The first kappa shape index (κ1) is 18.9. The van der Waals surface area contributed by atoms with E-state index in [2.05, 4.69) is 36.3 Å². The van der Waals surface area contributed by atoms with Crippen LogP contribution in [0.25, 0.3) is 0 Å². The number of rotatable bonds is 5. The summed E-state index contributed by atoms with van der Waals surface area (Å²) in [6, 6.07) is 7.65. The third-order valence-electron chi connectivity index (χ3n) is 5.28. The number of nitrogens with one attached hydrogen (secondary N) is 2. The van der Waals surface area contributed by atoms with Crippen LogP contribution in [0.15, 0.2) is 47.3 Å². The van der Waals surface area contributed by atoms with Gasteiger partial charge in [-0.3, -0.25) is 9.78 Å². The Balaban J connectivity index is 1.76. The Bertz CT molecular complexity index is 931. The molecule has 4 rings (SSSR count). The van der Waals surface area contributed by atoms with Crippen molar-refractivity contribution in [1.29, 1.82) is 0 Å². The number of hydrogen-bond donors (Lipinski definition) is 2. The molecule has 1 amide bonds. The first-order valence-corrected chi connectivity index (χ1v) is 10.2. The van der Waals surface area contributed by atoms with Crippen molar-refractivity contribution in [2.45, 2.75) is 19.9 Å². The van der Waals surface area contributed by atoms with E-state index in [1.807, 2.05) is 12.4 Å². The zero-order chi connectivity index (χ0) is 19.5. The second kappa shape index (κ2) is 8.26. The van der Waals surface area contributed by atoms with Gasteiger partial charge in [-0.05, 0) is 43.7 Å². The number of anilines is 1. The van der Waals surface area contributed by atoms with Crippen LogP contribution >= 0.6 is 11.3 Å². The minimum absolute atomic E-state index is 0.115. The molecular weight excluding hydrogens is 374 g/mol. The summed E-state index contributed by atoms with van der Waals surface area (Å²) in [5.41, 5.74) is 3.59. The van der Waals surface area contributed by atoms with Gasteiger partial charge >= 0.3 is 0 Å². The number of nitrogens with zero attached hydrogens (tertiary/aromatic N) is 1. The molecule has 1 fully saturated rings. The van der Waals surface area contributed by atoms with Crippen LogP contribution < -0.4 is 10.2 Å². The van der Waals surface area contributed by atoms with Crippen molar-refractivity contribution < 1.29 is 18.8 Å². The van der Waals surface area contributed by atoms with Crippen LogP contribution in [0.1, 0.15) is 38.2 Å². The number of carbonyl (C=O) groups excluding carboxylic acids is 1. The SMILES string of the molecule is Cc1sc(NC(=O)c2ccco2)c([C@@H](c2ccncc2)[NH+]2CCOCC2)c1C. The molecule has 1 saturated heterocycles. The Morgan fingerprint density at radius 2 is 1.96 bits per heavy atom. The number of aryl methyl sites for hydroxylation is 1. The fraction of sp³-hybridized carbons (Fsp3) is 0.333. The van der Waals surface area contributed by atoms with E-state index in [1.54, 1.807) is 23.5 Å². The average molecular weight is 399 g/mol. The van der Waals surface area contributed by atoms with Crippen LogP contribution in [0.4, 0.5) is 5.00 Å². The minimum atomic E-state index is -0.224. The number of aromatic nitrogens is 1. The second-order valence-corrected chi connectivity index (χ2v) is 8.17. The highest BCUT2D eigenvalue weighted by molar-refractivity contribution is 7.16. The van der Waals surface area contributed by atoms with E-state index in [9.17, 15) is 4.79 Å². The molecule has 0 aromatic carbocycles. The highest BCUT2D eigenvalue weighted by Crippen LogP contribution is 2.38. The third kappa shape index (κ3) is 3.73. The summed E-state index contributed by atoms with van der Waals surface area (Å²) in [4.78, 5) is 19.5. The van der Waals surface area contributed by atoms with Gasteiger partial charge in [0.2, 0.25) is 0 Å². The largest absolute Gasteiger partial charge is 0.459 e. The fourth-order valence-electron chi connectivity index (χ4n) is 3.74. The normalized spacial score (nSPS) is 16.1. The summed E-state index contributed by atoms with van der Waals surface area (Å²) in [6.07, 6.45) is 5.17. The van der Waals surface area contributed by atoms with Crippen LogP contribution in [0, 0.1) is 13.8 Å². The molecule has 0 saturated carbocycles.